The molecule has 9 heteroatoms. The number of nitrogens with one attached hydrogen (secondary N) is 5. The smallest absolute Gasteiger partial charge is 0.252 e. The molecular weight excluding hydrogens is 622 g/mol. The SMILES string of the molecule is Cc1cccnc1CNCCC[C@H](NC(=O)c1ccc(CNC(C)c2ncc[nH]2)c2ccccc12)C(=O)N[C@@H](C)c1cccc2ccccc12. The van der Waals surface area contributed by atoms with Crippen LogP contribution < -0.4 is 21.3 Å². The number of pyridine rings is 1. The molecule has 2 aromatic heterocycles. The molecule has 0 saturated carbocycles. The molecule has 4 aromatic carbocycles. The lowest BCUT2D eigenvalue weighted by atomic mass is 9.98. The number of imidazole rings is 1. The van der Waals surface area contributed by atoms with Crippen molar-refractivity contribution in [3.63, 3.8) is 0 Å². The van der Waals surface area contributed by atoms with Crippen LogP contribution in [0.5, 0.6) is 0 Å². The third kappa shape index (κ3) is 8.25. The number of hydrogen-bond acceptors (Lipinski definition) is 6. The van der Waals surface area contributed by atoms with Gasteiger partial charge in [-0.25, -0.2) is 4.98 Å². The number of aromatic nitrogens is 3. The highest BCUT2D eigenvalue weighted by molar-refractivity contribution is 6.09. The molecule has 0 spiro atoms. The fourth-order valence-corrected chi connectivity index (χ4v) is 6.45. The first kappa shape index (κ1) is 34.5. The summed E-state index contributed by atoms with van der Waals surface area (Å²) in [6.45, 7) is 8.02. The van der Waals surface area contributed by atoms with Crippen LogP contribution >= 0.6 is 0 Å². The van der Waals surface area contributed by atoms with E-state index in [4.69, 9.17) is 0 Å². The Balaban J connectivity index is 1.18. The van der Waals surface area contributed by atoms with Gasteiger partial charge in [-0.15, -0.1) is 0 Å². The van der Waals surface area contributed by atoms with Crippen LogP contribution in [0.15, 0.2) is 110 Å². The Labute approximate surface area is 293 Å². The summed E-state index contributed by atoms with van der Waals surface area (Å²) in [5.74, 6) is 0.377. The van der Waals surface area contributed by atoms with Crippen molar-refractivity contribution < 1.29 is 9.59 Å². The third-order valence-electron chi connectivity index (χ3n) is 9.31. The van der Waals surface area contributed by atoms with Crippen molar-refractivity contribution in [1.29, 1.82) is 0 Å². The summed E-state index contributed by atoms with van der Waals surface area (Å²) in [7, 11) is 0. The summed E-state index contributed by atoms with van der Waals surface area (Å²) in [4.78, 5) is 39.9. The lowest BCUT2D eigenvalue weighted by Gasteiger charge is -2.23. The summed E-state index contributed by atoms with van der Waals surface area (Å²) in [6, 6.07) is 29.1. The van der Waals surface area contributed by atoms with Crippen molar-refractivity contribution >= 4 is 33.4 Å². The maximum Gasteiger partial charge on any atom is 0.252 e. The van der Waals surface area contributed by atoms with E-state index < -0.39 is 6.04 Å². The summed E-state index contributed by atoms with van der Waals surface area (Å²) in [5, 5.41) is 17.3. The molecule has 0 saturated heterocycles. The van der Waals surface area contributed by atoms with Crippen LogP contribution in [0.2, 0.25) is 0 Å². The van der Waals surface area contributed by atoms with Gasteiger partial charge in [0.2, 0.25) is 5.91 Å². The fraction of sp³-hybridized carbons (Fsp3) is 0.268. The molecule has 6 aromatic rings. The van der Waals surface area contributed by atoms with Crippen molar-refractivity contribution in [2.75, 3.05) is 6.54 Å². The zero-order chi connectivity index (χ0) is 34.9. The number of carbonyl (C=O) groups excluding carboxylic acids is 2. The van der Waals surface area contributed by atoms with Crippen LogP contribution in [0.4, 0.5) is 0 Å². The van der Waals surface area contributed by atoms with E-state index in [9.17, 15) is 9.59 Å². The number of aromatic amines is 1. The quantitative estimate of drug-likeness (QED) is 0.0767. The molecule has 0 aliphatic heterocycles. The molecule has 0 bridgehead atoms. The predicted molar refractivity (Wildman–Crippen MR) is 199 cm³/mol. The number of aryl methyl sites for hydroxylation is 1. The summed E-state index contributed by atoms with van der Waals surface area (Å²) in [6.07, 6.45) is 6.51. The fourth-order valence-electron chi connectivity index (χ4n) is 6.45. The average Bonchev–Trinajstić information content (AvgIpc) is 3.69. The highest BCUT2D eigenvalue weighted by Gasteiger charge is 2.25. The Kier molecular flexibility index (Phi) is 11.3. The second kappa shape index (κ2) is 16.3. The van der Waals surface area contributed by atoms with Gasteiger partial charge in [0.1, 0.15) is 11.9 Å². The molecule has 0 radical (unpaired) electrons. The minimum absolute atomic E-state index is 0.0322. The van der Waals surface area contributed by atoms with Crippen LogP contribution in [-0.2, 0) is 17.9 Å². The van der Waals surface area contributed by atoms with Gasteiger partial charge in [-0.05, 0) is 90.5 Å². The maximum absolute atomic E-state index is 14.0. The second-order valence-corrected chi connectivity index (χ2v) is 12.8. The van der Waals surface area contributed by atoms with E-state index >= 15 is 0 Å². The van der Waals surface area contributed by atoms with Crippen molar-refractivity contribution in [2.45, 2.75) is 64.8 Å². The lowest BCUT2D eigenvalue weighted by Crippen LogP contribution is -2.47. The molecule has 50 heavy (non-hydrogen) atoms. The van der Waals surface area contributed by atoms with E-state index in [1.54, 1.807) is 12.4 Å². The number of carbonyl (C=O) groups is 2. The molecule has 5 N–H and O–H groups in total. The number of benzene rings is 4. The van der Waals surface area contributed by atoms with Gasteiger partial charge in [-0.2, -0.15) is 0 Å². The van der Waals surface area contributed by atoms with Gasteiger partial charge in [0.15, 0.2) is 0 Å². The molecular formula is C41H45N7O2. The first-order chi connectivity index (χ1) is 24.4. The minimum Gasteiger partial charge on any atom is -0.348 e. The Hall–Kier alpha value is -5.38. The van der Waals surface area contributed by atoms with E-state index in [-0.39, 0.29) is 23.9 Å². The lowest BCUT2D eigenvalue weighted by molar-refractivity contribution is -0.123. The maximum atomic E-state index is 14.0. The number of H-pyrrole nitrogens is 1. The van der Waals surface area contributed by atoms with Gasteiger partial charge in [-0.1, -0.05) is 78.9 Å². The Morgan fingerprint density at radius 3 is 2.34 bits per heavy atom. The van der Waals surface area contributed by atoms with Gasteiger partial charge >= 0.3 is 0 Å². The number of rotatable bonds is 15. The van der Waals surface area contributed by atoms with E-state index in [1.165, 1.54) is 0 Å². The van der Waals surface area contributed by atoms with Crippen LogP contribution in [0.1, 0.15) is 77.3 Å². The molecule has 0 aliphatic carbocycles. The topological polar surface area (TPSA) is 124 Å². The second-order valence-electron chi connectivity index (χ2n) is 12.8. The molecule has 2 amide bonds. The monoisotopic (exact) mass is 667 g/mol. The van der Waals surface area contributed by atoms with Crippen molar-refractivity contribution in [1.82, 2.24) is 36.2 Å². The number of amides is 2. The number of fused-ring (bicyclic) bond motifs is 2. The Morgan fingerprint density at radius 2 is 1.54 bits per heavy atom. The van der Waals surface area contributed by atoms with Crippen LogP contribution in [0.25, 0.3) is 21.5 Å². The highest BCUT2D eigenvalue weighted by atomic mass is 16.2. The zero-order valence-electron chi connectivity index (χ0n) is 28.9. The van der Waals surface area contributed by atoms with Crippen LogP contribution in [0.3, 0.4) is 0 Å². The molecule has 1 unspecified atom stereocenters. The first-order valence-electron chi connectivity index (χ1n) is 17.3. The van der Waals surface area contributed by atoms with Gasteiger partial charge < -0.3 is 26.3 Å². The number of nitrogens with zero attached hydrogens (tertiary/aromatic N) is 2. The predicted octanol–water partition coefficient (Wildman–Crippen LogP) is 6.82. The molecule has 2 heterocycles. The van der Waals surface area contributed by atoms with Crippen molar-refractivity contribution in [3.8, 4) is 0 Å². The Bertz CT molecular complexity index is 2050. The average molecular weight is 668 g/mol. The van der Waals surface area contributed by atoms with Gasteiger partial charge in [0.05, 0.1) is 17.8 Å². The molecule has 0 aliphatic rings. The third-order valence-corrected chi connectivity index (χ3v) is 9.31. The molecule has 3 atom stereocenters. The van der Waals surface area contributed by atoms with E-state index in [1.807, 2.05) is 92.8 Å². The highest BCUT2D eigenvalue weighted by Crippen LogP contribution is 2.26. The summed E-state index contributed by atoms with van der Waals surface area (Å²) in [5.41, 5.74) is 4.77. The summed E-state index contributed by atoms with van der Waals surface area (Å²) >= 11 is 0. The van der Waals surface area contributed by atoms with Gasteiger partial charge in [0, 0.05) is 37.2 Å². The zero-order valence-corrected chi connectivity index (χ0v) is 28.9. The van der Waals surface area contributed by atoms with Crippen LogP contribution in [0, 0.1) is 6.92 Å². The van der Waals surface area contributed by atoms with Crippen LogP contribution in [-0.4, -0.2) is 39.4 Å². The van der Waals surface area contributed by atoms with Crippen molar-refractivity contribution in [3.05, 3.63) is 143 Å². The van der Waals surface area contributed by atoms with E-state index in [2.05, 4.69) is 61.3 Å². The largest absolute Gasteiger partial charge is 0.348 e. The molecule has 6 rings (SSSR count). The molecule has 9 nitrogen and oxygen atoms in total. The number of hydrogen-bond donors (Lipinski definition) is 5. The van der Waals surface area contributed by atoms with E-state index in [0.717, 1.165) is 49.8 Å². The minimum atomic E-state index is -0.729. The van der Waals surface area contributed by atoms with Gasteiger partial charge in [0.25, 0.3) is 5.91 Å². The Morgan fingerprint density at radius 1 is 0.760 bits per heavy atom. The summed E-state index contributed by atoms with van der Waals surface area (Å²) < 4.78 is 0. The molecule has 256 valence electrons. The normalized spacial score (nSPS) is 13.2. The molecule has 0 fully saturated rings. The van der Waals surface area contributed by atoms with E-state index in [0.29, 0.717) is 38.0 Å². The standard InChI is InChI=1S/C41H45N7O2/c1-27-11-9-22-43-38(27)26-42-21-10-18-37(41(50)47-28(2)32-17-8-13-30-12-4-5-14-33(30)32)48-40(49)36-20-19-31(34-15-6-7-16-35(34)36)25-46-29(3)39-44-23-24-45-39/h4-9,11-17,19-20,22-24,28-29,37,42,46H,10,18,21,25-26H2,1-3H3,(H,44,45)(H,47,50)(H,48,49)/t28-,29?,37-/m0/s1. The van der Waals surface area contributed by atoms with Crippen molar-refractivity contribution in [2.24, 2.45) is 0 Å². The first-order valence-corrected chi connectivity index (χ1v) is 17.3. The van der Waals surface area contributed by atoms with Gasteiger partial charge in [-0.3, -0.25) is 14.6 Å².